The Morgan fingerprint density at radius 2 is 2.25 bits per heavy atom. The molecular formula is C17H23N3. The maximum Gasteiger partial charge on any atom is 0.0725 e. The van der Waals surface area contributed by atoms with Gasteiger partial charge in [0.25, 0.3) is 0 Å². The van der Waals surface area contributed by atoms with Crippen LogP contribution in [0.25, 0.3) is 10.9 Å². The second kappa shape index (κ2) is 6.23. The summed E-state index contributed by atoms with van der Waals surface area (Å²) in [6.07, 6.45) is 3.93. The predicted octanol–water partition coefficient (Wildman–Crippen LogP) is 3.34. The summed E-state index contributed by atoms with van der Waals surface area (Å²) in [5.74, 6) is 0.824. The number of anilines is 1. The van der Waals surface area contributed by atoms with E-state index in [4.69, 9.17) is 0 Å². The van der Waals surface area contributed by atoms with Crippen LogP contribution in [0.2, 0.25) is 0 Å². The molecule has 3 nitrogen and oxygen atoms in total. The van der Waals surface area contributed by atoms with Crippen LogP contribution in [-0.4, -0.2) is 24.6 Å². The number of para-hydroxylation sites is 1. The third-order valence-corrected chi connectivity index (χ3v) is 4.11. The topological polar surface area (TPSA) is 37.0 Å². The van der Waals surface area contributed by atoms with Crippen molar-refractivity contribution in [1.29, 1.82) is 0 Å². The van der Waals surface area contributed by atoms with Crippen LogP contribution in [0.3, 0.4) is 0 Å². The fourth-order valence-corrected chi connectivity index (χ4v) is 3.04. The average Bonchev–Trinajstić information content (AvgIpc) is 2.48. The van der Waals surface area contributed by atoms with Gasteiger partial charge in [0.05, 0.1) is 5.52 Å². The molecule has 0 bridgehead atoms. The summed E-state index contributed by atoms with van der Waals surface area (Å²) in [5.41, 5.74) is 3.37. The third kappa shape index (κ3) is 3.10. The Morgan fingerprint density at radius 1 is 1.35 bits per heavy atom. The number of hydrogen-bond donors (Lipinski definition) is 2. The van der Waals surface area contributed by atoms with Crippen LogP contribution < -0.4 is 10.6 Å². The van der Waals surface area contributed by atoms with Crippen LogP contribution in [0.5, 0.6) is 0 Å². The highest BCUT2D eigenvalue weighted by Gasteiger charge is 2.12. The molecule has 1 unspecified atom stereocenters. The lowest BCUT2D eigenvalue weighted by Gasteiger charge is -2.23. The molecule has 1 aliphatic heterocycles. The second-order valence-corrected chi connectivity index (χ2v) is 5.76. The molecule has 2 N–H and O–H groups in total. The van der Waals surface area contributed by atoms with Crippen LogP contribution in [0.4, 0.5) is 5.69 Å². The van der Waals surface area contributed by atoms with Crippen LogP contribution in [0, 0.1) is 12.8 Å². The minimum atomic E-state index is 0.824. The van der Waals surface area contributed by atoms with Gasteiger partial charge in [0.1, 0.15) is 0 Å². The van der Waals surface area contributed by atoms with Crippen molar-refractivity contribution >= 4 is 16.6 Å². The number of rotatable bonds is 4. The molecule has 1 saturated heterocycles. The summed E-state index contributed by atoms with van der Waals surface area (Å²) < 4.78 is 0. The van der Waals surface area contributed by atoms with E-state index >= 15 is 0 Å². The SMILES string of the molecule is Cc1cc(NCCC2CCCNC2)c2ccccc2n1. The minimum Gasteiger partial charge on any atom is -0.384 e. The van der Waals surface area contributed by atoms with Gasteiger partial charge in [0.15, 0.2) is 0 Å². The Labute approximate surface area is 120 Å². The summed E-state index contributed by atoms with van der Waals surface area (Å²) >= 11 is 0. The molecule has 0 spiro atoms. The number of fused-ring (bicyclic) bond motifs is 1. The number of aryl methyl sites for hydroxylation is 1. The van der Waals surface area contributed by atoms with Crippen molar-refractivity contribution < 1.29 is 0 Å². The first kappa shape index (κ1) is 13.4. The van der Waals surface area contributed by atoms with Crippen molar-refractivity contribution in [2.24, 2.45) is 5.92 Å². The predicted molar refractivity (Wildman–Crippen MR) is 85.2 cm³/mol. The van der Waals surface area contributed by atoms with E-state index in [9.17, 15) is 0 Å². The Bertz CT molecular complexity index is 573. The molecule has 2 aromatic rings. The first-order chi connectivity index (χ1) is 9.83. The van der Waals surface area contributed by atoms with Gasteiger partial charge in [0, 0.05) is 23.3 Å². The van der Waals surface area contributed by atoms with Crippen molar-refractivity contribution in [2.45, 2.75) is 26.2 Å². The molecule has 0 amide bonds. The van der Waals surface area contributed by atoms with Crippen LogP contribution in [0.15, 0.2) is 30.3 Å². The van der Waals surface area contributed by atoms with Gasteiger partial charge in [-0.2, -0.15) is 0 Å². The maximum absolute atomic E-state index is 4.58. The average molecular weight is 269 g/mol. The molecule has 0 aliphatic carbocycles. The van der Waals surface area contributed by atoms with Crippen molar-refractivity contribution in [2.75, 3.05) is 25.0 Å². The van der Waals surface area contributed by atoms with Crippen molar-refractivity contribution in [1.82, 2.24) is 10.3 Å². The van der Waals surface area contributed by atoms with Crippen LogP contribution in [0.1, 0.15) is 25.0 Å². The zero-order valence-electron chi connectivity index (χ0n) is 12.2. The number of piperidine rings is 1. The van der Waals surface area contributed by atoms with Gasteiger partial charge in [-0.1, -0.05) is 18.2 Å². The van der Waals surface area contributed by atoms with E-state index in [2.05, 4.69) is 46.8 Å². The van der Waals surface area contributed by atoms with Crippen LogP contribution in [-0.2, 0) is 0 Å². The van der Waals surface area contributed by atoms with E-state index in [0.29, 0.717) is 0 Å². The fourth-order valence-electron chi connectivity index (χ4n) is 3.04. The maximum atomic E-state index is 4.58. The minimum absolute atomic E-state index is 0.824. The van der Waals surface area contributed by atoms with Gasteiger partial charge in [-0.3, -0.25) is 4.98 Å². The van der Waals surface area contributed by atoms with Crippen molar-refractivity contribution in [3.63, 3.8) is 0 Å². The molecule has 20 heavy (non-hydrogen) atoms. The molecule has 1 atom stereocenters. The molecule has 1 aliphatic rings. The van der Waals surface area contributed by atoms with E-state index in [1.165, 1.54) is 43.4 Å². The van der Waals surface area contributed by atoms with E-state index in [0.717, 1.165) is 23.7 Å². The summed E-state index contributed by atoms with van der Waals surface area (Å²) in [6, 6.07) is 10.5. The van der Waals surface area contributed by atoms with E-state index in [-0.39, 0.29) is 0 Å². The molecule has 0 radical (unpaired) electrons. The summed E-state index contributed by atoms with van der Waals surface area (Å²) in [7, 11) is 0. The molecule has 2 heterocycles. The lowest BCUT2D eigenvalue weighted by Crippen LogP contribution is -2.30. The van der Waals surface area contributed by atoms with Crippen LogP contribution >= 0.6 is 0 Å². The zero-order valence-corrected chi connectivity index (χ0v) is 12.2. The first-order valence-corrected chi connectivity index (χ1v) is 7.64. The Balaban J connectivity index is 1.67. The number of pyridine rings is 1. The van der Waals surface area contributed by atoms with E-state index in [1.807, 2.05) is 6.07 Å². The quantitative estimate of drug-likeness (QED) is 0.894. The summed E-state index contributed by atoms with van der Waals surface area (Å²) in [4.78, 5) is 4.58. The first-order valence-electron chi connectivity index (χ1n) is 7.64. The molecule has 1 aromatic carbocycles. The van der Waals surface area contributed by atoms with Crippen molar-refractivity contribution in [3.05, 3.63) is 36.0 Å². The molecule has 0 saturated carbocycles. The highest BCUT2D eigenvalue weighted by atomic mass is 14.9. The monoisotopic (exact) mass is 269 g/mol. The van der Waals surface area contributed by atoms with Gasteiger partial charge in [-0.05, 0) is 57.3 Å². The zero-order chi connectivity index (χ0) is 13.8. The van der Waals surface area contributed by atoms with Gasteiger partial charge in [-0.25, -0.2) is 0 Å². The normalized spacial score (nSPS) is 19.1. The fraction of sp³-hybridized carbons (Fsp3) is 0.471. The molecular weight excluding hydrogens is 246 g/mol. The molecule has 1 aromatic heterocycles. The molecule has 3 heteroatoms. The molecule has 1 fully saturated rings. The van der Waals surface area contributed by atoms with E-state index in [1.54, 1.807) is 0 Å². The number of hydrogen-bond acceptors (Lipinski definition) is 3. The lowest BCUT2D eigenvalue weighted by molar-refractivity contribution is 0.364. The highest BCUT2D eigenvalue weighted by molar-refractivity contribution is 5.91. The Kier molecular flexibility index (Phi) is 4.16. The summed E-state index contributed by atoms with van der Waals surface area (Å²) in [6.45, 7) is 5.47. The Morgan fingerprint density at radius 3 is 3.10 bits per heavy atom. The number of benzene rings is 1. The van der Waals surface area contributed by atoms with Crippen molar-refractivity contribution in [3.8, 4) is 0 Å². The van der Waals surface area contributed by atoms with Gasteiger partial charge in [-0.15, -0.1) is 0 Å². The number of aromatic nitrogens is 1. The molecule has 3 rings (SSSR count). The molecule has 106 valence electrons. The lowest BCUT2D eigenvalue weighted by atomic mass is 9.96. The Hall–Kier alpha value is -1.61. The third-order valence-electron chi connectivity index (χ3n) is 4.11. The van der Waals surface area contributed by atoms with Gasteiger partial charge >= 0.3 is 0 Å². The van der Waals surface area contributed by atoms with Gasteiger partial charge < -0.3 is 10.6 Å². The summed E-state index contributed by atoms with van der Waals surface area (Å²) in [5, 5.41) is 8.31. The number of nitrogens with zero attached hydrogens (tertiary/aromatic N) is 1. The van der Waals surface area contributed by atoms with Gasteiger partial charge in [0.2, 0.25) is 0 Å². The largest absolute Gasteiger partial charge is 0.384 e. The second-order valence-electron chi connectivity index (χ2n) is 5.76. The highest BCUT2D eigenvalue weighted by Crippen LogP contribution is 2.23. The van der Waals surface area contributed by atoms with E-state index < -0.39 is 0 Å². The number of nitrogens with one attached hydrogen (secondary N) is 2. The smallest absolute Gasteiger partial charge is 0.0725 e. The standard InChI is InChI=1S/C17H23N3/c1-13-11-17(15-6-2-3-7-16(15)20-13)19-10-8-14-5-4-9-18-12-14/h2-3,6-7,11,14,18H,4-5,8-10,12H2,1H3,(H,19,20).